The first-order valence-electron chi connectivity index (χ1n) is 7.56. The summed E-state index contributed by atoms with van der Waals surface area (Å²) < 4.78 is 11.1. The second kappa shape index (κ2) is 10.6. The molecule has 0 aromatic heterocycles. The lowest BCUT2D eigenvalue weighted by atomic mass is 10.2. The largest absolute Gasteiger partial charge is 0.389 e. The molecule has 0 amide bonds. The highest BCUT2D eigenvalue weighted by Gasteiger charge is 2.18. The number of morpholine rings is 1. The quantitative estimate of drug-likeness (QED) is 0.567. The maximum Gasteiger partial charge on any atom is 0.0897 e. The van der Waals surface area contributed by atoms with E-state index in [-0.39, 0.29) is 6.10 Å². The van der Waals surface area contributed by atoms with E-state index in [0.717, 1.165) is 52.2 Å². The number of unbranched alkanes of at least 4 members (excludes halogenated alkanes) is 1. The fourth-order valence-electron chi connectivity index (χ4n) is 2.13. The Labute approximate surface area is 117 Å². The molecule has 2 N–H and O–H groups in total. The van der Waals surface area contributed by atoms with Gasteiger partial charge in [0.25, 0.3) is 0 Å². The average Bonchev–Trinajstić information content (AvgIpc) is 2.44. The molecule has 2 atom stereocenters. The van der Waals surface area contributed by atoms with Gasteiger partial charge in [-0.05, 0) is 13.0 Å². The molecule has 2 unspecified atom stereocenters. The second-order valence-corrected chi connectivity index (χ2v) is 5.13. The molecule has 19 heavy (non-hydrogen) atoms. The Balaban J connectivity index is 1.99. The van der Waals surface area contributed by atoms with Crippen LogP contribution in [0.4, 0.5) is 0 Å². The average molecular weight is 274 g/mol. The fraction of sp³-hybridized carbons (Fsp3) is 1.00. The van der Waals surface area contributed by atoms with Crippen LogP contribution in [0.2, 0.25) is 0 Å². The van der Waals surface area contributed by atoms with Gasteiger partial charge in [0.15, 0.2) is 0 Å². The molecule has 1 rings (SSSR count). The van der Waals surface area contributed by atoms with Crippen molar-refractivity contribution in [3.63, 3.8) is 0 Å². The Morgan fingerprint density at radius 3 is 3.05 bits per heavy atom. The molecular weight excluding hydrogens is 244 g/mol. The van der Waals surface area contributed by atoms with Crippen LogP contribution >= 0.6 is 0 Å². The standard InChI is InChI=1S/C14H30N2O3/c1-3-5-7-18-12-13(17)9-15-10-14-11-16(4-2)6-8-19-14/h13-15,17H,3-12H2,1-2H3. The summed E-state index contributed by atoms with van der Waals surface area (Å²) in [4.78, 5) is 2.39. The van der Waals surface area contributed by atoms with Crippen LogP contribution in [0, 0.1) is 0 Å². The van der Waals surface area contributed by atoms with Crippen LogP contribution in [0.5, 0.6) is 0 Å². The van der Waals surface area contributed by atoms with Gasteiger partial charge in [-0.25, -0.2) is 0 Å². The van der Waals surface area contributed by atoms with E-state index in [1.165, 1.54) is 0 Å². The number of rotatable bonds is 10. The number of aliphatic hydroxyl groups is 1. The molecule has 1 aliphatic heterocycles. The van der Waals surface area contributed by atoms with E-state index in [1.54, 1.807) is 0 Å². The number of nitrogens with one attached hydrogen (secondary N) is 1. The Bertz CT molecular complexity index is 217. The van der Waals surface area contributed by atoms with E-state index in [4.69, 9.17) is 9.47 Å². The molecule has 1 fully saturated rings. The van der Waals surface area contributed by atoms with Crippen molar-refractivity contribution in [3.8, 4) is 0 Å². The van der Waals surface area contributed by atoms with Gasteiger partial charge in [0.1, 0.15) is 0 Å². The molecule has 114 valence electrons. The van der Waals surface area contributed by atoms with Crippen LogP contribution in [0.15, 0.2) is 0 Å². The number of aliphatic hydroxyl groups excluding tert-OH is 1. The predicted molar refractivity (Wildman–Crippen MR) is 76.5 cm³/mol. The van der Waals surface area contributed by atoms with Crippen molar-refractivity contribution in [3.05, 3.63) is 0 Å². The molecule has 1 aliphatic rings. The van der Waals surface area contributed by atoms with Crippen LogP contribution in [0.1, 0.15) is 26.7 Å². The summed E-state index contributed by atoms with van der Waals surface area (Å²) >= 11 is 0. The second-order valence-electron chi connectivity index (χ2n) is 5.13. The van der Waals surface area contributed by atoms with Crippen molar-refractivity contribution in [1.82, 2.24) is 10.2 Å². The number of likely N-dealkylation sites (N-methyl/N-ethyl adjacent to an activating group) is 1. The van der Waals surface area contributed by atoms with Gasteiger partial charge in [0, 0.05) is 32.8 Å². The van der Waals surface area contributed by atoms with Crippen LogP contribution in [0.3, 0.4) is 0 Å². The van der Waals surface area contributed by atoms with E-state index in [9.17, 15) is 5.11 Å². The van der Waals surface area contributed by atoms with Crippen molar-refractivity contribution >= 4 is 0 Å². The highest BCUT2D eigenvalue weighted by Crippen LogP contribution is 2.03. The molecule has 0 spiro atoms. The van der Waals surface area contributed by atoms with Crippen molar-refractivity contribution < 1.29 is 14.6 Å². The Morgan fingerprint density at radius 1 is 1.47 bits per heavy atom. The van der Waals surface area contributed by atoms with Gasteiger partial charge < -0.3 is 19.9 Å². The molecule has 1 saturated heterocycles. The minimum atomic E-state index is -0.428. The third kappa shape index (κ3) is 7.84. The lowest BCUT2D eigenvalue weighted by Crippen LogP contribution is -2.47. The van der Waals surface area contributed by atoms with E-state index in [1.807, 2.05) is 0 Å². The smallest absolute Gasteiger partial charge is 0.0897 e. The molecule has 0 aromatic rings. The van der Waals surface area contributed by atoms with Crippen molar-refractivity contribution in [2.24, 2.45) is 0 Å². The van der Waals surface area contributed by atoms with E-state index in [2.05, 4.69) is 24.1 Å². The van der Waals surface area contributed by atoms with Crippen molar-refractivity contribution in [2.45, 2.75) is 38.9 Å². The summed E-state index contributed by atoms with van der Waals surface area (Å²) in [5, 5.41) is 13.0. The minimum absolute atomic E-state index is 0.238. The molecule has 0 saturated carbocycles. The topological polar surface area (TPSA) is 54.0 Å². The lowest BCUT2D eigenvalue weighted by molar-refractivity contribution is -0.0276. The Hall–Kier alpha value is -0.200. The first kappa shape index (κ1) is 16.9. The van der Waals surface area contributed by atoms with Crippen LogP contribution in [0.25, 0.3) is 0 Å². The number of ether oxygens (including phenoxy) is 2. The molecular formula is C14H30N2O3. The summed E-state index contributed by atoms with van der Waals surface area (Å²) in [6.45, 7) is 10.7. The van der Waals surface area contributed by atoms with Gasteiger partial charge in [0.05, 0.1) is 25.4 Å². The minimum Gasteiger partial charge on any atom is -0.389 e. The van der Waals surface area contributed by atoms with Crippen molar-refractivity contribution in [1.29, 1.82) is 0 Å². The van der Waals surface area contributed by atoms with Gasteiger partial charge in [-0.2, -0.15) is 0 Å². The molecule has 0 aliphatic carbocycles. The number of hydrogen-bond acceptors (Lipinski definition) is 5. The van der Waals surface area contributed by atoms with Crippen LogP contribution in [-0.4, -0.2) is 74.8 Å². The summed E-state index contributed by atoms with van der Waals surface area (Å²) in [7, 11) is 0. The van der Waals surface area contributed by atoms with E-state index >= 15 is 0 Å². The molecule has 0 bridgehead atoms. The third-order valence-electron chi connectivity index (χ3n) is 3.37. The van der Waals surface area contributed by atoms with E-state index < -0.39 is 6.10 Å². The molecule has 5 nitrogen and oxygen atoms in total. The molecule has 5 heteroatoms. The lowest BCUT2D eigenvalue weighted by Gasteiger charge is -2.32. The molecule has 0 aromatic carbocycles. The zero-order valence-electron chi connectivity index (χ0n) is 12.4. The summed E-state index contributed by atoms with van der Waals surface area (Å²) in [5.41, 5.74) is 0. The van der Waals surface area contributed by atoms with Gasteiger partial charge in [-0.3, -0.25) is 4.90 Å². The number of nitrogens with zero attached hydrogens (tertiary/aromatic N) is 1. The molecule has 0 radical (unpaired) electrons. The van der Waals surface area contributed by atoms with Gasteiger partial charge in [-0.1, -0.05) is 20.3 Å². The summed E-state index contributed by atoms with van der Waals surface area (Å²) in [6, 6.07) is 0. The first-order chi connectivity index (χ1) is 9.26. The third-order valence-corrected chi connectivity index (χ3v) is 3.37. The monoisotopic (exact) mass is 274 g/mol. The SMILES string of the molecule is CCCCOCC(O)CNCC1CN(CC)CCO1. The normalized spacial score (nSPS) is 22.6. The maximum absolute atomic E-state index is 9.74. The van der Waals surface area contributed by atoms with Crippen molar-refractivity contribution in [2.75, 3.05) is 52.5 Å². The van der Waals surface area contributed by atoms with Gasteiger partial charge in [0.2, 0.25) is 0 Å². The first-order valence-corrected chi connectivity index (χ1v) is 7.56. The van der Waals surface area contributed by atoms with Crippen LogP contribution < -0.4 is 5.32 Å². The highest BCUT2D eigenvalue weighted by atomic mass is 16.5. The fourth-order valence-corrected chi connectivity index (χ4v) is 2.13. The van der Waals surface area contributed by atoms with Crippen LogP contribution in [-0.2, 0) is 9.47 Å². The van der Waals surface area contributed by atoms with E-state index in [0.29, 0.717) is 13.2 Å². The van der Waals surface area contributed by atoms with Gasteiger partial charge in [-0.15, -0.1) is 0 Å². The zero-order chi connectivity index (χ0) is 13.9. The summed E-state index contributed by atoms with van der Waals surface area (Å²) in [6.07, 6.45) is 1.99. The number of hydrogen-bond donors (Lipinski definition) is 2. The summed E-state index contributed by atoms with van der Waals surface area (Å²) in [5.74, 6) is 0. The predicted octanol–water partition coefficient (Wildman–Crippen LogP) is 0.474. The Kier molecular flexibility index (Phi) is 9.38. The molecule has 1 heterocycles. The Morgan fingerprint density at radius 2 is 2.32 bits per heavy atom. The van der Waals surface area contributed by atoms with Gasteiger partial charge >= 0.3 is 0 Å². The zero-order valence-corrected chi connectivity index (χ0v) is 12.4. The highest BCUT2D eigenvalue weighted by molar-refractivity contribution is 4.73. The maximum atomic E-state index is 9.74.